The van der Waals surface area contributed by atoms with Crippen molar-refractivity contribution in [2.75, 3.05) is 6.61 Å². The molecule has 0 aliphatic heterocycles. The van der Waals surface area contributed by atoms with Crippen molar-refractivity contribution < 1.29 is 22.3 Å². The van der Waals surface area contributed by atoms with Gasteiger partial charge >= 0.3 is 6.18 Å². The van der Waals surface area contributed by atoms with Gasteiger partial charge in [-0.1, -0.05) is 0 Å². The molecule has 0 aliphatic carbocycles. The lowest BCUT2D eigenvalue weighted by molar-refractivity contribution is -0.153. The number of nitrogens with two attached hydrogens (primary N) is 1. The number of benzene rings is 1. The molecule has 0 fully saturated rings. The Bertz CT molecular complexity index is 376. The minimum absolute atomic E-state index is 0.0148. The van der Waals surface area contributed by atoms with Gasteiger partial charge in [0.1, 0.15) is 11.6 Å². The first kappa shape index (κ1) is 13.8. The van der Waals surface area contributed by atoms with Crippen molar-refractivity contribution in [3.8, 4) is 5.75 Å². The molecule has 0 heterocycles. The van der Waals surface area contributed by atoms with Crippen molar-refractivity contribution in [1.29, 1.82) is 0 Å². The van der Waals surface area contributed by atoms with Crippen LogP contribution in [0.4, 0.5) is 17.6 Å². The fourth-order valence-electron chi connectivity index (χ4n) is 1.35. The van der Waals surface area contributed by atoms with Crippen LogP contribution in [-0.2, 0) is 6.42 Å². The Balaban J connectivity index is 2.82. The zero-order valence-electron chi connectivity index (χ0n) is 9.22. The van der Waals surface area contributed by atoms with Gasteiger partial charge in [-0.05, 0) is 37.1 Å². The summed E-state index contributed by atoms with van der Waals surface area (Å²) < 4.78 is 53.5. The van der Waals surface area contributed by atoms with Crippen LogP contribution in [0.2, 0.25) is 0 Å². The maximum absolute atomic E-state index is 13.0. The number of halogens is 4. The van der Waals surface area contributed by atoms with Crippen LogP contribution in [0.5, 0.6) is 5.75 Å². The Morgan fingerprint density at radius 3 is 2.53 bits per heavy atom. The topological polar surface area (TPSA) is 35.2 Å². The lowest BCUT2D eigenvalue weighted by Crippen LogP contribution is -2.21. The standard InChI is InChI=1S/C11H13F4NO/c1-7(16)4-8-5-9(12)2-3-10(8)17-6-11(13,14)15/h2-3,5,7H,4,6,16H2,1H3. The van der Waals surface area contributed by atoms with Crippen LogP contribution in [0.15, 0.2) is 18.2 Å². The molecule has 17 heavy (non-hydrogen) atoms. The molecule has 1 aromatic rings. The summed E-state index contributed by atoms with van der Waals surface area (Å²) >= 11 is 0. The first-order valence-corrected chi connectivity index (χ1v) is 5.01. The van der Waals surface area contributed by atoms with Crippen molar-refractivity contribution in [2.45, 2.75) is 25.6 Å². The predicted molar refractivity (Wildman–Crippen MR) is 55.3 cm³/mol. The second kappa shape index (κ2) is 5.35. The first-order valence-electron chi connectivity index (χ1n) is 5.01. The number of alkyl halides is 3. The third-order valence-electron chi connectivity index (χ3n) is 1.96. The zero-order valence-corrected chi connectivity index (χ0v) is 9.22. The van der Waals surface area contributed by atoms with Gasteiger partial charge in [-0.15, -0.1) is 0 Å². The van der Waals surface area contributed by atoms with Crippen molar-refractivity contribution >= 4 is 0 Å². The average Bonchev–Trinajstić information content (AvgIpc) is 2.14. The fraction of sp³-hybridized carbons (Fsp3) is 0.455. The molecular weight excluding hydrogens is 238 g/mol. The second-order valence-electron chi connectivity index (χ2n) is 3.84. The van der Waals surface area contributed by atoms with Gasteiger partial charge in [-0.25, -0.2) is 4.39 Å². The van der Waals surface area contributed by atoms with Gasteiger partial charge in [0.2, 0.25) is 0 Å². The second-order valence-corrected chi connectivity index (χ2v) is 3.84. The van der Waals surface area contributed by atoms with E-state index in [0.717, 1.165) is 12.1 Å². The van der Waals surface area contributed by atoms with Crippen LogP contribution in [-0.4, -0.2) is 18.8 Å². The molecule has 2 nitrogen and oxygen atoms in total. The Morgan fingerprint density at radius 2 is 2.00 bits per heavy atom. The van der Waals surface area contributed by atoms with Crippen LogP contribution in [0.1, 0.15) is 12.5 Å². The molecule has 2 N–H and O–H groups in total. The van der Waals surface area contributed by atoms with Gasteiger partial charge in [-0.2, -0.15) is 13.2 Å². The summed E-state index contributed by atoms with van der Waals surface area (Å²) in [6.45, 7) is 0.281. The summed E-state index contributed by atoms with van der Waals surface area (Å²) in [4.78, 5) is 0. The van der Waals surface area contributed by atoms with Crippen molar-refractivity contribution in [3.63, 3.8) is 0 Å². The normalized spacial score (nSPS) is 13.5. The molecule has 0 aromatic heterocycles. The fourth-order valence-corrected chi connectivity index (χ4v) is 1.35. The van der Waals surface area contributed by atoms with E-state index in [-0.39, 0.29) is 18.2 Å². The molecule has 0 spiro atoms. The van der Waals surface area contributed by atoms with Gasteiger partial charge in [0, 0.05) is 6.04 Å². The Kier molecular flexibility index (Phi) is 4.34. The molecule has 0 aliphatic rings. The molecule has 96 valence electrons. The van der Waals surface area contributed by atoms with Crippen LogP contribution in [0.3, 0.4) is 0 Å². The number of hydrogen-bond acceptors (Lipinski definition) is 2. The quantitative estimate of drug-likeness (QED) is 0.835. The summed E-state index contributed by atoms with van der Waals surface area (Å²) in [5.74, 6) is -0.513. The van der Waals surface area contributed by atoms with E-state index in [0.29, 0.717) is 5.56 Å². The molecule has 6 heteroatoms. The van der Waals surface area contributed by atoms with E-state index < -0.39 is 18.6 Å². The monoisotopic (exact) mass is 251 g/mol. The number of ether oxygens (including phenoxy) is 1. The molecule has 0 bridgehead atoms. The number of hydrogen-bond donors (Lipinski definition) is 1. The summed E-state index contributed by atoms with van der Waals surface area (Å²) in [6.07, 6.45) is -4.16. The van der Waals surface area contributed by atoms with Gasteiger partial charge < -0.3 is 10.5 Å². The molecule has 0 radical (unpaired) electrons. The van der Waals surface area contributed by atoms with Crippen molar-refractivity contribution in [1.82, 2.24) is 0 Å². The molecule has 1 atom stereocenters. The zero-order chi connectivity index (χ0) is 13.1. The highest BCUT2D eigenvalue weighted by Gasteiger charge is 2.28. The van der Waals surface area contributed by atoms with E-state index in [1.807, 2.05) is 0 Å². The van der Waals surface area contributed by atoms with Crippen LogP contribution in [0, 0.1) is 5.82 Å². The Morgan fingerprint density at radius 1 is 1.35 bits per heavy atom. The largest absolute Gasteiger partial charge is 0.484 e. The smallest absolute Gasteiger partial charge is 0.422 e. The number of rotatable bonds is 4. The summed E-state index contributed by atoms with van der Waals surface area (Å²) in [6, 6.07) is 3.08. The van der Waals surface area contributed by atoms with E-state index in [4.69, 9.17) is 5.73 Å². The van der Waals surface area contributed by atoms with E-state index in [9.17, 15) is 17.6 Å². The highest BCUT2D eigenvalue weighted by atomic mass is 19.4. The summed E-state index contributed by atoms with van der Waals surface area (Å²) in [5.41, 5.74) is 5.86. The maximum Gasteiger partial charge on any atom is 0.422 e. The van der Waals surface area contributed by atoms with Crippen LogP contribution in [0.25, 0.3) is 0 Å². The minimum atomic E-state index is -4.42. The molecule has 1 rings (SSSR count). The lowest BCUT2D eigenvalue weighted by Gasteiger charge is -2.14. The average molecular weight is 251 g/mol. The molecule has 1 aromatic carbocycles. The molecule has 0 saturated carbocycles. The van der Waals surface area contributed by atoms with Crippen molar-refractivity contribution in [2.24, 2.45) is 5.73 Å². The van der Waals surface area contributed by atoms with Gasteiger partial charge in [0.15, 0.2) is 6.61 Å². The van der Waals surface area contributed by atoms with Crippen molar-refractivity contribution in [3.05, 3.63) is 29.6 Å². The lowest BCUT2D eigenvalue weighted by atomic mass is 10.1. The summed E-state index contributed by atoms with van der Waals surface area (Å²) in [7, 11) is 0. The van der Waals surface area contributed by atoms with Crippen LogP contribution >= 0.6 is 0 Å². The predicted octanol–water partition coefficient (Wildman–Crippen LogP) is 2.66. The van der Waals surface area contributed by atoms with Gasteiger partial charge in [0.05, 0.1) is 0 Å². The molecule has 1 unspecified atom stereocenters. The van der Waals surface area contributed by atoms with Crippen LogP contribution < -0.4 is 10.5 Å². The van der Waals surface area contributed by atoms with E-state index in [1.165, 1.54) is 6.07 Å². The highest BCUT2D eigenvalue weighted by Crippen LogP contribution is 2.24. The van der Waals surface area contributed by atoms with E-state index >= 15 is 0 Å². The molecular formula is C11H13F4NO. The third-order valence-corrected chi connectivity index (χ3v) is 1.96. The van der Waals surface area contributed by atoms with Gasteiger partial charge in [-0.3, -0.25) is 0 Å². The summed E-state index contributed by atoms with van der Waals surface area (Å²) in [5, 5.41) is 0. The molecule has 0 amide bonds. The highest BCUT2D eigenvalue weighted by molar-refractivity contribution is 5.34. The SMILES string of the molecule is CC(N)Cc1cc(F)ccc1OCC(F)(F)F. The molecule has 0 saturated heterocycles. The maximum atomic E-state index is 13.0. The van der Waals surface area contributed by atoms with E-state index in [2.05, 4.69) is 4.74 Å². The van der Waals surface area contributed by atoms with E-state index in [1.54, 1.807) is 6.92 Å². The minimum Gasteiger partial charge on any atom is -0.484 e. The Hall–Kier alpha value is -1.30. The first-order chi connectivity index (χ1) is 7.78. The van der Waals surface area contributed by atoms with Gasteiger partial charge in [0.25, 0.3) is 0 Å². The third kappa shape index (κ3) is 5.04. The Labute approximate surface area is 96.4 Å².